The van der Waals surface area contributed by atoms with Crippen LogP contribution in [0.1, 0.15) is 30.5 Å². The minimum absolute atomic E-state index is 0.214. The fraction of sp³-hybridized carbons (Fsp3) is 0.231. The molecule has 0 fully saturated rings. The van der Waals surface area contributed by atoms with E-state index in [0.29, 0.717) is 23.5 Å². The Morgan fingerprint density at radius 3 is 2.42 bits per heavy atom. The van der Waals surface area contributed by atoms with Gasteiger partial charge in [-0.05, 0) is 42.2 Å². The number of nitrogens with two attached hydrogens (primary N) is 1. The number of benzene rings is 3. The van der Waals surface area contributed by atoms with Crippen LogP contribution in [0.4, 0.5) is 4.39 Å². The van der Waals surface area contributed by atoms with Gasteiger partial charge in [0.15, 0.2) is 17.2 Å². The zero-order valence-corrected chi connectivity index (χ0v) is 18.0. The van der Waals surface area contributed by atoms with Gasteiger partial charge in [-0.2, -0.15) is 0 Å². The van der Waals surface area contributed by atoms with E-state index >= 15 is 0 Å². The van der Waals surface area contributed by atoms with Crippen molar-refractivity contribution < 1.29 is 9.13 Å². The highest BCUT2D eigenvalue weighted by Gasteiger charge is 2.36. The van der Waals surface area contributed by atoms with Crippen molar-refractivity contribution in [3.8, 4) is 16.9 Å². The molecule has 4 nitrogen and oxygen atoms in total. The number of amidine groups is 1. The van der Waals surface area contributed by atoms with Gasteiger partial charge < -0.3 is 10.5 Å². The summed E-state index contributed by atoms with van der Waals surface area (Å²) in [4.78, 5) is 9.67. The van der Waals surface area contributed by atoms with Gasteiger partial charge in [0.2, 0.25) is 0 Å². The van der Waals surface area contributed by atoms with E-state index in [4.69, 9.17) is 20.5 Å². The molecule has 0 saturated heterocycles. The van der Waals surface area contributed by atoms with Crippen molar-refractivity contribution in [1.29, 1.82) is 0 Å². The van der Waals surface area contributed by atoms with E-state index < -0.39 is 5.66 Å². The number of halogens is 1. The zero-order chi connectivity index (χ0) is 22.0. The summed E-state index contributed by atoms with van der Waals surface area (Å²) in [7, 11) is 1.46. The van der Waals surface area contributed by atoms with Crippen LogP contribution >= 0.6 is 0 Å². The van der Waals surface area contributed by atoms with Gasteiger partial charge in [0.05, 0.1) is 12.8 Å². The average Bonchev–Trinajstić information content (AvgIpc) is 3.08. The third-order valence-electron chi connectivity index (χ3n) is 5.70. The number of nitrogens with zero attached hydrogens (tertiary/aromatic N) is 2. The van der Waals surface area contributed by atoms with Crippen LogP contribution in [0.15, 0.2) is 76.7 Å². The predicted octanol–water partition coefficient (Wildman–Crippen LogP) is 5.29. The first-order valence-electron chi connectivity index (χ1n) is 10.4. The van der Waals surface area contributed by atoms with E-state index in [1.165, 1.54) is 12.7 Å². The van der Waals surface area contributed by atoms with Crippen LogP contribution in [0.3, 0.4) is 0 Å². The summed E-state index contributed by atoms with van der Waals surface area (Å²) in [6, 6.07) is 21.3. The van der Waals surface area contributed by atoms with Crippen molar-refractivity contribution in [2.75, 3.05) is 7.11 Å². The summed E-state index contributed by atoms with van der Waals surface area (Å²) >= 11 is 0. The Kier molecular flexibility index (Phi) is 5.59. The Balaban J connectivity index is 1.82. The molecule has 1 aliphatic heterocycles. The van der Waals surface area contributed by atoms with Crippen molar-refractivity contribution in [1.82, 2.24) is 0 Å². The molecule has 31 heavy (non-hydrogen) atoms. The van der Waals surface area contributed by atoms with Crippen molar-refractivity contribution in [3.05, 3.63) is 89.2 Å². The lowest BCUT2D eigenvalue weighted by atomic mass is 9.90. The monoisotopic (exact) mass is 415 g/mol. The molecule has 1 aliphatic rings. The van der Waals surface area contributed by atoms with Gasteiger partial charge in [0, 0.05) is 17.5 Å². The van der Waals surface area contributed by atoms with E-state index in [9.17, 15) is 4.39 Å². The lowest BCUT2D eigenvalue weighted by Gasteiger charge is -2.25. The normalized spacial score (nSPS) is 17.9. The van der Waals surface area contributed by atoms with Crippen molar-refractivity contribution in [2.45, 2.75) is 32.4 Å². The lowest BCUT2D eigenvalue weighted by Crippen LogP contribution is -2.23. The average molecular weight is 416 g/mol. The van der Waals surface area contributed by atoms with E-state index in [1.807, 2.05) is 31.2 Å². The van der Waals surface area contributed by atoms with Crippen LogP contribution in [0.25, 0.3) is 11.1 Å². The Morgan fingerprint density at radius 2 is 1.71 bits per heavy atom. The molecule has 3 aromatic carbocycles. The maximum absolute atomic E-state index is 14.9. The van der Waals surface area contributed by atoms with Crippen molar-refractivity contribution in [3.63, 3.8) is 0 Å². The Labute approximate surface area is 182 Å². The summed E-state index contributed by atoms with van der Waals surface area (Å²) in [6.07, 6.45) is 1.53. The highest BCUT2D eigenvalue weighted by molar-refractivity contribution is 6.41. The number of hydrogen-bond donors (Lipinski definition) is 1. The fourth-order valence-electron chi connectivity index (χ4n) is 4.02. The van der Waals surface area contributed by atoms with Crippen molar-refractivity contribution in [2.24, 2.45) is 15.7 Å². The number of aliphatic imine (C=N–C) groups is 2. The molecule has 158 valence electrons. The number of hydrogen-bond acceptors (Lipinski definition) is 4. The van der Waals surface area contributed by atoms with Crippen LogP contribution in [0, 0.1) is 5.82 Å². The van der Waals surface area contributed by atoms with Crippen molar-refractivity contribution >= 4 is 11.5 Å². The largest absolute Gasteiger partial charge is 0.494 e. The Morgan fingerprint density at radius 1 is 0.968 bits per heavy atom. The van der Waals surface area contributed by atoms with E-state index in [0.717, 1.165) is 23.1 Å². The number of aryl methyl sites for hydroxylation is 1. The maximum Gasteiger partial charge on any atom is 0.182 e. The topological polar surface area (TPSA) is 60.0 Å². The molecule has 1 atom stereocenters. The highest BCUT2D eigenvalue weighted by atomic mass is 19.1. The molecule has 0 aliphatic carbocycles. The minimum atomic E-state index is -0.869. The number of methoxy groups -OCH3 is 1. The van der Waals surface area contributed by atoms with Gasteiger partial charge in [-0.1, -0.05) is 61.5 Å². The molecule has 4 rings (SSSR count). The molecular weight excluding hydrogens is 389 g/mol. The molecule has 0 amide bonds. The number of ether oxygens (including phenoxy) is 1. The smallest absolute Gasteiger partial charge is 0.182 e. The van der Waals surface area contributed by atoms with Gasteiger partial charge in [0.1, 0.15) is 5.84 Å². The van der Waals surface area contributed by atoms with Gasteiger partial charge >= 0.3 is 0 Å². The standard InChI is InChI=1S/C26H26FN3O/c1-4-18-8-5-9-19(14-18)16-26(29-17(2)25(28)30-26)21-11-6-10-20(15-21)22-12-7-13-23(31-3)24(22)27/h5-15H,4,16H2,1-3H3,(H2,28,30). The first-order valence-corrected chi connectivity index (χ1v) is 10.4. The molecule has 2 N–H and O–H groups in total. The Hall–Kier alpha value is -3.47. The van der Waals surface area contributed by atoms with E-state index in [-0.39, 0.29) is 11.6 Å². The third-order valence-corrected chi connectivity index (χ3v) is 5.70. The lowest BCUT2D eigenvalue weighted by molar-refractivity contribution is 0.387. The molecule has 3 aromatic rings. The van der Waals surface area contributed by atoms with Gasteiger partial charge in [0.25, 0.3) is 0 Å². The molecule has 5 heteroatoms. The second-order valence-corrected chi connectivity index (χ2v) is 7.76. The second-order valence-electron chi connectivity index (χ2n) is 7.76. The minimum Gasteiger partial charge on any atom is -0.494 e. The second kappa shape index (κ2) is 8.34. The molecule has 1 heterocycles. The van der Waals surface area contributed by atoms with Gasteiger partial charge in [-0.15, -0.1) is 0 Å². The van der Waals surface area contributed by atoms with Crippen LogP contribution in [0.2, 0.25) is 0 Å². The van der Waals surface area contributed by atoms with Gasteiger partial charge in [-0.25, -0.2) is 9.38 Å². The molecule has 0 radical (unpaired) electrons. The highest BCUT2D eigenvalue weighted by Crippen LogP contribution is 2.38. The van der Waals surface area contributed by atoms with Crippen LogP contribution < -0.4 is 10.5 Å². The molecule has 0 saturated carbocycles. The maximum atomic E-state index is 14.9. The molecule has 0 bridgehead atoms. The fourth-order valence-corrected chi connectivity index (χ4v) is 4.02. The summed E-state index contributed by atoms with van der Waals surface area (Å²) in [6.45, 7) is 4.00. The van der Waals surface area contributed by atoms with Crippen LogP contribution in [-0.4, -0.2) is 18.7 Å². The predicted molar refractivity (Wildman–Crippen MR) is 124 cm³/mol. The van der Waals surface area contributed by atoms with Crippen LogP contribution in [0.5, 0.6) is 5.75 Å². The SMILES string of the molecule is CCc1cccc(CC2(c3cccc(-c4cccc(OC)c4F)c3)N=C(C)C(N)=N2)c1. The Bertz CT molecular complexity index is 1160. The molecular formula is C26H26FN3O. The van der Waals surface area contributed by atoms with E-state index in [1.54, 1.807) is 18.2 Å². The molecule has 0 aromatic heterocycles. The summed E-state index contributed by atoms with van der Waals surface area (Å²) in [5, 5.41) is 0. The quantitative estimate of drug-likeness (QED) is 0.595. The third kappa shape index (κ3) is 3.96. The summed E-state index contributed by atoms with van der Waals surface area (Å²) in [5.74, 6) is 0.261. The van der Waals surface area contributed by atoms with Gasteiger partial charge in [-0.3, -0.25) is 4.99 Å². The van der Waals surface area contributed by atoms with E-state index in [2.05, 4.69) is 31.2 Å². The first-order chi connectivity index (χ1) is 15.0. The summed E-state index contributed by atoms with van der Waals surface area (Å²) in [5.41, 5.74) is 10.5. The first kappa shape index (κ1) is 20.8. The zero-order valence-electron chi connectivity index (χ0n) is 18.0. The summed E-state index contributed by atoms with van der Waals surface area (Å²) < 4.78 is 20.1. The molecule has 1 unspecified atom stereocenters. The molecule has 0 spiro atoms. The van der Waals surface area contributed by atoms with Crippen LogP contribution in [-0.2, 0) is 18.5 Å². The number of rotatable bonds is 6.